The Morgan fingerprint density at radius 1 is 1.24 bits per heavy atom. The van der Waals surface area contributed by atoms with Crippen molar-refractivity contribution in [2.75, 3.05) is 7.11 Å². The Labute approximate surface area is 146 Å². The summed E-state index contributed by atoms with van der Waals surface area (Å²) in [5, 5.41) is 10.9. The molecule has 0 aromatic heterocycles. The molecular formula is C17H20N2O5S. The molecular weight excluding hydrogens is 344 g/mol. The molecule has 1 atom stereocenters. The number of methoxy groups -OCH3 is 1. The Morgan fingerprint density at radius 2 is 1.96 bits per heavy atom. The highest BCUT2D eigenvalue weighted by Crippen LogP contribution is 2.26. The number of hydrogen-bond acceptors (Lipinski definition) is 5. The summed E-state index contributed by atoms with van der Waals surface area (Å²) in [5.41, 5.74) is 1.43. The molecule has 0 aliphatic rings. The minimum absolute atomic E-state index is 0.134. The van der Waals surface area contributed by atoms with Crippen LogP contribution in [0.1, 0.15) is 30.5 Å². The van der Waals surface area contributed by atoms with Gasteiger partial charge in [-0.1, -0.05) is 25.1 Å². The van der Waals surface area contributed by atoms with Crippen LogP contribution in [0.5, 0.6) is 5.75 Å². The van der Waals surface area contributed by atoms with Gasteiger partial charge < -0.3 is 4.74 Å². The second-order valence-corrected chi connectivity index (χ2v) is 7.28. The summed E-state index contributed by atoms with van der Waals surface area (Å²) in [6.45, 7) is 3.74. The first kappa shape index (κ1) is 18.9. The number of nitrogens with zero attached hydrogens (tertiary/aromatic N) is 1. The summed E-state index contributed by atoms with van der Waals surface area (Å²) in [5.74, 6) is 0.722. The molecule has 0 amide bonds. The minimum Gasteiger partial charge on any atom is -0.496 e. The van der Waals surface area contributed by atoms with E-state index in [4.69, 9.17) is 4.74 Å². The summed E-state index contributed by atoms with van der Waals surface area (Å²) < 4.78 is 33.0. The van der Waals surface area contributed by atoms with E-state index in [9.17, 15) is 18.5 Å². The van der Waals surface area contributed by atoms with Crippen LogP contribution in [0, 0.1) is 17.0 Å². The standard InChI is InChI=1S/C17H20N2O5S/c1-4-16(13-8-9-17(24-3)12(2)10-13)18-25(22,23)15-7-5-6-14(11-15)19(20)21/h5-11,16,18H,4H2,1-3H3/t16-/m1/s1. The number of nitro groups is 1. The molecule has 0 aliphatic carbocycles. The smallest absolute Gasteiger partial charge is 0.270 e. The molecule has 0 radical (unpaired) electrons. The van der Waals surface area contributed by atoms with Crippen LogP contribution in [0.3, 0.4) is 0 Å². The number of hydrogen-bond donors (Lipinski definition) is 1. The normalized spacial score (nSPS) is 12.6. The van der Waals surface area contributed by atoms with Crippen molar-refractivity contribution >= 4 is 15.7 Å². The van der Waals surface area contributed by atoms with Gasteiger partial charge in [0.15, 0.2) is 0 Å². The van der Waals surface area contributed by atoms with Crippen LogP contribution in [0.2, 0.25) is 0 Å². The second-order valence-electron chi connectivity index (χ2n) is 5.57. The first-order valence-electron chi connectivity index (χ1n) is 7.69. The summed E-state index contributed by atoms with van der Waals surface area (Å²) in [6, 6.07) is 9.99. The van der Waals surface area contributed by atoms with E-state index in [1.165, 1.54) is 18.2 Å². The first-order valence-corrected chi connectivity index (χ1v) is 9.18. The van der Waals surface area contributed by atoms with Gasteiger partial charge in [0.05, 0.1) is 16.9 Å². The molecule has 0 aliphatic heterocycles. The summed E-state index contributed by atoms with van der Waals surface area (Å²) in [7, 11) is -2.32. The summed E-state index contributed by atoms with van der Waals surface area (Å²) >= 11 is 0. The van der Waals surface area contributed by atoms with Gasteiger partial charge in [-0.25, -0.2) is 13.1 Å². The van der Waals surface area contributed by atoms with Crippen molar-refractivity contribution in [3.8, 4) is 5.75 Å². The van der Waals surface area contributed by atoms with E-state index >= 15 is 0 Å². The molecule has 0 heterocycles. The zero-order chi connectivity index (χ0) is 18.6. The Kier molecular flexibility index (Phi) is 5.76. The van der Waals surface area contributed by atoms with E-state index in [2.05, 4.69) is 4.72 Å². The van der Waals surface area contributed by atoms with E-state index in [0.717, 1.165) is 22.9 Å². The zero-order valence-electron chi connectivity index (χ0n) is 14.2. The number of rotatable bonds is 7. The molecule has 0 saturated carbocycles. The first-order chi connectivity index (χ1) is 11.8. The molecule has 2 aromatic carbocycles. The van der Waals surface area contributed by atoms with Crippen LogP contribution in [-0.2, 0) is 10.0 Å². The second kappa shape index (κ2) is 7.62. The van der Waals surface area contributed by atoms with Crippen LogP contribution in [0.25, 0.3) is 0 Å². The van der Waals surface area contributed by atoms with Crippen LogP contribution >= 0.6 is 0 Å². The van der Waals surface area contributed by atoms with Crippen molar-refractivity contribution in [2.45, 2.75) is 31.2 Å². The third-order valence-electron chi connectivity index (χ3n) is 3.87. The average Bonchev–Trinajstić information content (AvgIpc) is 2.59. The Morgan fingerprint density at radius 3 is 2.52 bits per heavy atom. The SMILES string of the molecule is CC[C@@H](NS(=O)(=O)c1cccc([N+](=O)[O-])c1)c1ccc(OC)c(C)c1. The Bertz CT molecular complexity index is 880. The van der Waals surface area contributed by atoms with Gasteiger partial charge in [-0.3, -0.25) is 10.1 Å². The number of aryl methyl sites for hydroxylation is 1. The van der Waals surface area contributed by atoms with Gasteiger partial charge >= 0.3 is 0 Å². The van der Waals surface area contributed by atoms with Gasteiger partial charge in [0, 0.05) is 18.2 Å². The van der Waals surface area contributed by atoms with Crippen LogP contribution in [0.15, 0.2) is 47.4 Å². The highest BCUT2D eigenvalue weighted by Gasteiger charge is 2.22. The predicted molar refractivity (Wildman–Crippen MR) is 94.2 cm³/mol. The lowest BCUT2D eigenvalue weighted by molar-refractivity contribution is -0.385. The van der Waals surface area contributed by atoms with Crippen molar-refractivity contribution in [3.63, 3.8) is 0 Å². The molecule has 0 saturated heterocycles. The van der Waals surface area contributed by atoms with Crippen molar-refractivity contribution < 1.29 is 18.1 Å². The quantitative estimate of drug-likeness (QED) is 0.600. The van der Waals surface area contributed by atoms with Crippen molar-refractivity contribution in [2.24, 2.45) is 0 Å². The highest BCUT2D eigenvalue weighted by atomic mass is 32.2. The molecule has 0 unspecified atom stereocenters. The fourth-order valence-corrected chi connectivity index (χ4v) is 3.87. The fourth-order valence-electron chi connectivity index (χ4n) is 2.53. The number of nitrogens with one attached hydrogen (secondary N) is 1. The molecule has 0 fully saturated rings. The topological polar surface area (TPSA) is 98.5 Å². The largest absolute Gasteiger partial charge is 0.496 e. The van der Waals surface area contributed by atoms with Crippen LogP contribution < -0.4 is 9.46 Å². The molecule has 7 nitrogen and oxygen atoms in total. The maximum Gasteiger partial charge on any atom is 0.270 e. The molecule has 25 heavy (non-hydrogen) atoms. The maximum atomic E-state index is 12.6. The fraction of sp³-hybridized carbons (Fsp3) is 0.294. The minimum atomic E-state index is -3.89. The third-order valence-corrected chi connectivity index (χ3v) is 5.34. The third kappa shape index (κ3) is 4.34. The average molecular weight is 364 g/mol. The zero-order valence-corrected chi connectivity index (χ0v) is 15.0. The monoisotopic (exact) mass is 364 g/mol. The van der Waals surface area contributed by atoms with Crippen LogP contribution in [0.4, 0.5) is 5.69 Å². The van der Waals surface area contributed by atoms with Crippen molar-refractivity contribution in [1.29, 1.82) is 0 Å². The number of sulfonamides is 1. The molecule has 0 bridgehead atoms. The number of ether oxygens (including phenoxy) is 1. The summed E-state index contributed by atoms with van der Waals surface area (Å²) in [6.07, 6.45) is 0.528. The maximum absolute atomic E-state index is 12.6. The van der Waals surface area contributed by atoms with E-state index in [1.54, 1.807) is 19.2 Å². The highest BCUT2D eigenvalue weighted by molar-refractivity contribution is 7.89. The number of nitro benzene ring substituents is 1. The molecule has 2 aromatic rings. The van der Waals surface area contributed by atoms with Crippen LogP contribution in [-0.4, -0.2) is 20.5 Å². The van der Waals surface area contributed by atoms with Gasteiger partial charge in [-0.15, -0.1) is 0 Å². The van der Waals surface area contributed by atoms with E-state index in [-0.39, 0.29) is 10.6 Å². The Hall–Kier alpha value is -2.45. The lowest BCUT2D eigenvalue weighted by Crippen LogP contribution is -2.28. The predicted octanol–water partition coefficient (Wildman–Crippen LogP) is 3.34. The van der Waals surface area contributed by atoms with Gasteiger partial charge in [0.25, 0.3) is 5.69 Å². The molecule has 2 rings (SSSR count). The van der Waals surface area contributed by atoms with Crippen molar-refractivity contribution in [3.05, 3.63) is 63.7 Å². The van der Waals surface area contributed by atoms with Gasteiger partial charge in [-0.05, 0) is 36.6 Å². The van der Waals surface area contributed by atoms with Gasteiger partial charge in [0.2, 0.25) is 10.0 Å². The van der Waals surface area contributed by atoms with Crippen molar-refractivity contribution in [1.82, 2.24) is 4.72 Å². The lowest BCUT2D eigenvalue weighted by Gasteiger charge is -2.19. The number of non-ortho nitro benzene ring substituents is 1. The van der Waals surface area contributed by atoms with E-state index in [0.29, 0.717) is 6.42 Å². The molecule has 134 valence electrons. The number of benzene rings is 2. The van der Waals surface area contributed by atoms with E-state index < -0.39 is 21.0 Å². The molecule has 1 N–H and O–H groups in total. The van der Waals surface area contributed by atoms with Gasteiger partial charge in [0.1, 0.15) is 5.75 Å². The lowest BCUT2D eigenvalue weighted by atomic mass is 10.0. The molecule has 0 spiro atoms. The van der Waals surface area contributed by atoms with Gasteiger partial charge in [-0.2, -0.15) is 0 Å². The Balaban J connectivity index is 2.32. The summed E-state index contributed by atoms with van der Waals surface area (Å²) in [4.78, 5) is 10.1. The van der Waals surface area contributed by atoms with E-state index in [1.807, 2.05) is 19.9 Å². The molecule has 8 heteroatoms.